The maximum Gasteiger partial charge on any atom is 0.253 e. The van der Waals surface area contributed by atoms with Crippen LogP contribution in [0.2, 0.25) is 0 Å². The van der Waals surface area contributed by atoms with Crippen molar-refractivity contribution < 1.29 is 14.4 Å². The van der Waals surface area contributed by atoms with Crippen molar-refractivity contribution in [1.29, 1.82) is 0 Å². The first-order valence-corrected chi connectivity index (χ1v) is 7.25. The van der Waals surface area contributed by atoms with Gasteiger partial charge in [0.2, 0.25) is 11.8 Å². The number of likely N-dealkylation sites (tertiary alicyclic amines) is 2. The van der Waals surface area contributed by atoms with Gasteiger partial charge in [-0.2, -0.15) is 0 Å². The van der Waals surface area contributed by atoms with Gasteiger partial charge in [0.1, 0.15) is 0 Å². The minimum absolute atomic E-state index is 0.0622. The molecule has 1 aromatic rings. The van der Waals surface area contributed by atoms with E-state index >= 15 is 0 Å². The molecule has 5 nitrogen and oxygen atoms in total. The number of rotatable bonds is 2. The molecule has 0 saturated carbocycles. The molecule has 2 heterocycles. The Morgan fingerprint density at radius 2 is 1.60 bits per heavy atom. The summed E-state index contributed by atoms with van der Waals surface area (Å²) in [6, 6.07) is 7.00. The molecule has 0 atom stereocenters. The number of amides is 3. The van der Waals surface area contributed by atoms with Gasteiger partial charge in [-0.1, -0.05) is 15.9 Å². The summed E-state index contributed by atoms with van der Waals surface area (Å²) in [5.74, 6) is -0.292. The van der Waals surface area contributed by atoms with Gasteiger partial charge in [0.05, 0.1) is 6.04 Å². The lowest BCUT2D eigenvalue weighted by atomic mass is 10.1. The topological polar surface area (TPSA) is 57.7 Å². The Balaban J connectivity index is 1.63. The Hall–Kier alpha value is -1.69. The number of nitrogens with zero attached hydrogens (tertiary/aromatic N) is 2. The minimum atomic E-state index is -0.142. The van der Waals surface area contributed by atoms with Crippen molar-refractivity contribution in [2.75, 3.05) is 13.1 Å². The molecule has 0 unspecified atom stereocenters. The number of carbonyl (C=O) groups is 3. The fraction of sp³-hybridized carbons (Fsp3) is 0.357. The maximum absolute atomic E-state index is 12.2. The third-order valence-corrected chi connectivity index (χ3v) is 4.22. The molecular formula is C14H13BrN2O3. The SMILES string of the molecule is O=C(c1ccc(Br)cc1)N1CC(N2C(=O)CCC2=O)C1. The van der Waals surface area contributed by atoms with E-state index in [1.807, 2.05) is 12.1 Å². The zero-order chi connectivity index (χ0) is 14.3. The predicted molar refractivity (Wildman–Crippen MR) is 74.9 cm³/mol. The smallest absolute Gasteiger partial charge is 0.253 e. The lowest BCUT2D eigenvalue weighted by Gasteiger charge is -2.43. The molecule has 0 aromatic heterocycles. The van der Waals surface area contributed by atoms with Crippen LogP contribution in [0.5, 0.6) is 0 Å². The summed E-state index contributed by atoms with van der Waals surface area (Å²) in [6.45, 7) is 0.874. The van der Waals surface area contributed by atoms with Crippen LogP contribution in [0.25, 0.3) is 0 Å². The van der Waals surface area contributed by atoms with E-state index in [-0.39, 0.29) is 23.8 Å². The highest BCUT2D eigenvalue weighted by Gasteiger charge is 2.42. The highest BCUT2D eigenvalue weighted by atomic mass is 79.9. The van der Waals surface area contributed by atoms with Crippen LogP contribution in [0.4, 0.5) is 0 Å². The van der Waals surface area contributed by atoms with Crippen molar-refractivity contribution in [2.45, 2.75) is 18.9 Å². The Labute approximate surface area is 124 Å². The number of imide groups is 1. The van der Waals surface area contributed by atoms with E-state index in [1.165, 1.54) is 4.90 Å². The first-order chi connectivity index (χ1) is 9.56. The monoisotopic (exact) mass is 336 g/mol. The largest absolute Gasteiger partial charge is 0.334 e. The molecule has 2 saturated heterocycles. The number of halogens is 1. The summed E-state index contributed by atoms with van der Waals surface area (Å²) in [6.07, 6.45) is 0.603. The Kier molecular flexibility index (Phi) is 3.33. The molecule has 0 bridgehead atoms. The summed E-state index contributed by atoms with van der Waals surface area (Å²) < 4.78 is 0.920. The van der Waals surface area contributed by atoms with Gasteiger partial charge < -0.3 is 4.90 Å². The second kappa shape index (κ2) is 5.01. The van der Waals surface area contributed by atoms with Crippen molar-refractivity contribution in [3.8, 4) is 0 Å². The van der Waals surface area contributed by atoms with Gasteiger partial charge >= 0.3 is 0 Å². The summed E-state index contributed by atoms with van der Waals surface area (Å²) >= 11 is 3.32. The molecule has 20 heavy (non-hydrogen) atoms. The summed E-state index contributed by atoms with van der Waals surface area (Å²) in [7, 11) is 0. The van der Waals surface area contributed by atoms with Crippen LogP contribution in [0, 0.1) is 0 Å². The molecular weight excluding hydrogens is 324 g/mol. The number of benzene rings is 1. The van der Waals surface area contributed by atoms with Crippen molar-refractivity contribution in [1.82, 2.24) is 9.80 Å². The molecule has 104 valence electrons. The van der Waals surface area contributed by atoms with Gasteiger partial charge in [0.25, 0.3) is 5.91 Å². The molecule has 3 amide bonds. The van der Waals surface area contributed by atoms with E-state index in [4.69, 9.17) is 0 Å². The average molecular weight is 337 g/mol. The first-order valence-electron chi connectivity index (χ1n) is 6.46. The third-order valence-electron chi connectivity index (χ3n) is 3.70. The van der Waals surface area contributed by atoms with E-state index in [0.29, 0.717) is 31.5 Å². The van der Waals surface area contributed by atoms with Gasteiger partial charge in [0, 0.05) is 36.0 Å². The zero-order valence-electron chi connectivity index (χ0n) is 10.7. The molecule has 0 spiro atoms. The third kappa shape index (κ3) is 2.24. The minimum Gasteiger partial charge on any atom is -0.334 e. The fourth-order valence-corrected chi connectivity index (χ4v) is 2.82. The average Bonchev–Trinajstić information content (AvgIpc) is 2.70. The van der Waals surface area contributed by atoms with E-state index in [9.17, 15) is 14.4 Å². The number of hydrogen-bond acceptors (Lipinski definition) is 3. The van der Waals surface area contributed by atoms with Crippen LogP contribution in [-0.2, 0) is 9.59 Å². The quantitative estimate of drug-likeness (QED) is 0.767. The van der Waals surface area contributed by atoms with Crippen LogP contribution in [-0.4, -0.2) is 46.7 Å². The molecule has 3 rings (SSSR count). The fourth-order valence-electron chi connectivity index (χ4n) is 2.56. The molecule has 0 N–H and O–H groups in total. The normalized spacial score (nSPS) is 19.4. The molecule has 0 aliphatic carbocycles. The van der Waals surface area contributed by atoms with Gasteiger partial charge in [-0.05, 0) is 24.3 Å². The lowest BCUT2D eigenvalue weighted by Crippen LogP contribution is -2.62. The van der Waals surface area contributed by atoms with Gasteiger partial charge in [0.15, 0.2) is 0 Å². The van der Waals surface area contributed by atoms with E-state index < -0.39 is 0 Å². The van der Waals surface area contributed by atoms with Crippen molar-refractivity contribution in [3.05, 3.63) is 34.3 Å². The van der Waals surface area contributed by atoms with Crippen LogP contribution in [0.15, 0.2) is 28.7 Å². The molecule has 2 fully saturated rings. The Morgan fingerprint density at radius 3 is 2.15 bits per heavy atom. The van der Waals surface area contributed by atoms with Crippen LogP contribution in [0.1, 0.15) is 23.2 Å². The van der Waals surface area contributed by atoms with Crippen molar-refractivity contribution in [3.63, 3.8) is 0 Å². The number of carbonyl (C=O) groups excluding carboxylic acids is 3. The van der Waals surface area contributed by atoms with Crippen LogP contribution >= 0.6 is 15.9 Å². The molecule has 1 aromatic carbocycles. The highest BCUT2D eigenvalue weighted by molar-refractivity contribution is 9.10. The summed E-state index contributed by atoms with van der Waals surface area (Å²) in [5, 5.41) is 0. The molecule has 2 aliphatic heterocycles. The molecule has 6 heteroatoms. The Bertz CT molecular complexity index is 563. The molecule has 0 radical (unpaired) electrons. The van der Waals surface area contributed by atoms with Crippen molar-refractivity contribution >= 4 is 33.7 Å². The Morgan fingerprint density at radius 1 is 1.05 bits per heavy atom. The van der Waals surface area contributed by atoms with Gasteiger partial charge in [-0.3, -0.25) is 19.3 Å². The van der Waals surface area contributed by atoms with Crippen LogP contribution < -0.4 is 0 Å². The first kappa shape index (κ1) is 13.3. The second-order valence-corrected chi connectivity index (χ2v) is 5.94. The van der Waals surface area contributed by atoms with E-state index in [2.05, 4.69) is 15.9 Å². The van der Waals surface area contributed by atoms with Gasteiger partial charge in [-0.25, -0.2) is 0 Å². The molecule has 2 aliphatic rings. The summed E-state index contributed by atoms with van der Waals surface area (Å²) in [4.78, 5) is 38.4. The van der Waals surface area contributed by atoms with Gasteiger partial charge in [-0.15, -0.1) is 0 Å². The highest BCUT2D eigenvalue weighted by Crippen LogP contribution is 2.24. The van der Waals surface area contributed by atoms with E-state index in [1.54, 1.807) is 17.0 Å². The van der Waals surface area contributed by atoms with Crippen LogP contribution in [0.3, 0.4) is 0 Å². The number of hydrogen-bond donors (Lipinski definition) is 0. The van der Waals surface area contributed by atoms with E-state index in [0.717, 1.165) is 4.47 Å². The maximum atomic E-state index is 12.2. The standard InChI is InChI=1S/C14H13BrN2O3/c15-10-3-1-9(2-4-10)14(20)16-7-11(8-16)17-12(18)5-6-13(17)19/h1-4,11H,5-8H2. The van der Waals surface area contributed by atoms with Crippen molar-refractivity contribution in [2.24, 2.45) is 0 Å². The summed E-state index contributed by atoms with van der Waals surface area (Å²) in [5.41, 5.74) is 0.616. The zero-order valence-corrected chi connectivity index (χ0v) is 12.3. The second-order valence-electron chi connectivity index (χ2n) is 5.03. The predicted octanol–water partition coefficient (Wildman–Crippen LogP) is 1.42. The lowest BCUT2D eigenvalue weighted by molar-refractivity contribution is -0.144.